The summed E-state index contributed by atoms with van der Waals surface area (Å²) in [5, 5.41) is 8.83. The highest BCUT2D eigenvalue weighted by Gasteiger charge is 2.33. The number of benzene rings is 1. The van der Waals surface area contributed by atoms with Crippen molar-refractivity contribution in [2.24, 2.45) is 0 Å². The average Bonchev–Trinajstić information content (AvgIpc) is 3.40. The van der Waals surface area contributed by atoms with Gasteiger partial charge in [0.1, 0.15) is 11.4 Å². The fourth-order valence-corrected chi connectivity index (χ4v) is 4.73. The molecule has 0 saturated carbocycles. The maximum absolute atomic E-state index is 5.49. The molecule has 1 aromatic carbocycles. The largest absolute Gasteiger partial charge is 0.497 e. The minimum Gasteiger partial charge on any atom is -0.497 e. The lowest BCUT2D eigenvalue weighted by atomic mass is 9.95. The van der Waals surface area contributed by atoms with Crippen LogP contribution in [0.4, 0.5) is 0 Å². The summed E-state index contributed by atoms with van der Waals surface area (Å²) in [5.74, 6) is 1.20. The monoisotopic (exact) mass is 413 g/mol. The molecule has 158 valence electrons. The van der Waals surface area contributed by atoms with Gasteiger partial charge in [0.2, 0.25) is 0 Å². The van der Waals surface area contributed by atoms with Crippen LogP contribution in [0.2, 0.25) is 0 Å². The predicted molar refractivity (Wildman–Crippen MR) is 122 cm³/mol. The molecule has 1 aliphatic heterocycles. The fourth-order valence-electron chi connectivity index (χ4n) is 4.73. The Labute approximate surface area is 182 Å². The molecule has 0 bridgehead atoms. The molecular formula is C25H27N5O. The first-order valence-electron chi connectivity index (χ1n) is 10.9. The van der Waals surface area contributed by atoms with Crippen molar-refractivity contribution in [3.05, 3.63) is 66.7 Å². The lowest BCUT2D eigenvalue weighted by Gasteiger charge is -2.16. The molecular weight excluding hydrogens is 386 g/mol. The molecule has 0 aliphatic carbocycles. The highest BCUT2D eigenvalue weighted by Crippen LogP contribution is 2.38. The number of methoxy groups -OCH3 is 1. The summed E-state index contributed by atoms with van der Waals surface area (Å²) >= 11 is 0. The molecule has 31 heavy (non-hydrogen) atoms. The molecule has 3 atom stereocenters. The van der Waals surface area contributed by atoms with Crippen LogP contribution in [-0.2, 0) is 0 Å². The van der Waals surface area contributed by atoms with Gasteiger partial charge in [0.25, 0.3) is 0 Å². The molecule has 6 nitrogen and oxygen atoms in total. The van der Waals surface area contributed by atoms with E-state index in [4.69, 9.17) is 14.8 Å². The summed E-state index contributed by atoms with van der Waals surface area (Å²) in [6.45, 7) is 4.51. The Morgan fingerprint density at radius 1 is 1.10 bits per heavy atom. The molecule has 1 N–H and O–H groups in total. The molecule has 6 heteroatoms. The van der Waals surface area contributed by atoms with E-state index in [9.17, 15) is 0 Å². The second-order valence-electron chi connectivity index (χ2n) is 8.20. The zero-order valence-electron chi connectivity index (χ0n) is 18.1. The first kappa shape index (κ1) is 19.7. The maximum atomic E-state index is 5.49. The number of ether oxygens (including phenoxy) is 1. The SMILES string of the molecule is CCC1CC(c2ccnc3c(-c4cccc(OC)c4)c(-c4ccncc4)nn23)C(C)N1. The molecule has 4 heterocycles. The number of nitrogens with zero attached hydrogens (tertiary/aromatic N) is 4. The van der Waals surface area contributed by atoms with Gasteiger partial charge in [-0.3, -0.25) is 4.98 Å². The number of rotatable bonds is 5. The summed E-state index contributed by atoms with van der Waals surface area (Å²) in [6, 6.07) is 15.1. The van der Waals surface area contributed by atoms with Gasteiger partial charge in [0.15, 0.2) is 5.65 Å². The molecule has 0 amide bonds. The lowest BCUT2D eigenvalue weighted by Crippen LogP contribution is -2.28. The van der Waals surface area contributed by atoms with E-state index in [-0.39, 0.29) is 0 Å². The molecule has 3 aromatic heterocycles. The van der Waals surface area contributed by atoms with Gasteiger partial charge in [0, 0.05) is 42.2 Å². The highest BCUT2D eigenvalue weighted by atomic mass is 16.5. The van der Waals surface area contributed by atoms with Crippen molar-refractivity contribution in [1.82, 2.24) is 24.9 Å². The normalized spacial score (nSPS) is 20.9. The molecule has 1 saturated heterocycles. The molecule has 4 aromatic rings. The second-order valence-corrected chi connectivity index (χ2v) is 8.20. The van der Waals surface area contributed by atoms with Gasteiger partial charge in [-0.15, -0.1) is 0 Å². The minimum absolute atomic E-state index is 0.388. The molecule has 1 fully saturated rings. The quantitative estimate of drug-likeness (QED) is 0.513. The number of hydrogen-bond donors (Lipinski definition) is 1. The maximum Gasteiger partial charge on any atom is 0.163 e. The predicted octanol–water partition coefficient (Wildman–Crippen LogP) is 4.71. The van der Waals surface area contributed by atoms with E-state index in [1.165, 1.54) is 5.69 Å². The van der Waals surface area contributed by atoms with Gasteiger partial charge < -0.3 is 10.1 Å². The van der Waals surface area contributed by atoms with Crippen LogP contribution in [-0.4, -0.2) is 38.8 Å². The minimum atomic E-state index is 0.388. The summed E-state index contributed by atoms with van der Waals surface area (Å²) in [5.41, 5.74) is 6.04. The van der Waals surface area contributed by atoms with Gasteiger partial charge in [-0.1, -0.05) is 19.1 Å². The van der Waals surface area contributed by atoms with Gasteiger partial charge in [0.05, 0.1) is 18.4 Å². The van der Waals surface area contributed by atoms with Gasteiger partial charge in [-0.25, -0.2) is 9.50 Å². The van der Waals surface area contributed by atoms with Crippen molar-refractivity contribution in [2.75, 3.05) is 7.11 Å². The number of nitrogens with one attached hydrogen (secondary N) is 1. The number of pyridine rings is 1. The van der Waals surface area contributed by atoms with E-state index in [0.29, 0.717) is 18.0 Å². The molecule has 0 radical (unpaired) electrons. The van der Waals surface area contributed by atoms with Crippen LogP contribution in [0.5, 0.6) is 5.75 Å². The third-order valence-corrected chi connectivity index (χ3v) is 6.37. The highest BCUT2D eigenvalue weighted by molar-refractivity contribution is 5.90. The van der Waals surface area contributed by atoms with Crippen LogP contribution in [0.25, 0.3) is 28.0 Å². The summed E-state index contributed by atoms with van der Waals surface area (Å²) < 4.78 is 7.53. The first-order chi connectivity index (χ1) is 15.2. The first-order valence-corrected chi connectivity index (χ1v) is 10.9. The third-order valence-electron chi connectivity index (χ3n) is 6.37. The van der Waals surface area contributed by atoms with E-state index < -0.39 is 0 Å². The lowest BCUT2D eigenvalue weighted by molar-refractivity contribution is 0.415. The fraction of sp³-hybridized carbons (Fsp3) is 0.320. The number of hydrogen-bond acceptors (Lipinski definition) is 5. The molecule has 1 aliphatic rings. The van der Waals surface area contributed by atoms with Crippen molar-refractivity contribution >= 4 is 5.65 Å². The van der Waals surface area contributed by atoms with E-state index in [1.54, 1.807) is 19.5 Å². The van der Waals surface area contributed by atoms with E-state index in [1.807, 2.05) is 41.0 Å². The van der Waals surface area contributed by atoms with Crippen LogP contribution in [0.15, 0.2) is 61.1 Å². The van der Waals surface area contributed by atoms with Crippen molar-refractivity contribution in [3.63, 3.8) is 0 Å². The Hall–Kier alpha value is -3.25. The Morgan fingerprint density at radius 3 is 2.68 bits per heavy atom. The van der Waals surface area contributed by atoms with Crippen molar-refractivity contribution < 1.29 is 4.74 Å². The van der Waals surface area contributed by atoms with Crippen LogP contribution in [0.3, 0.4) is 0 Å². The van der Waals surface area contributed by atoms with E-state index in [2.05, 4.69) is 36.3 Å². The van der Waals surface area contributed by atoms with Crippen molar-refractivity contribution in [2.45, 2.75) is 44.7 Å². The zero-order valence-corrected chi connectivity index (χ0v) is 18.1. The summed E-state index contributed by atoms with van der Waals surface area (Å²) in [6.07, 6.45) is 7.76. The van der Waals surface area contributed by atoms with Gasteiger partial charge in [-0.2, -0.15) is 5.10 Å². The smallest absolute Gasteiger partial charge is 0.163 e. The van der Waals surface area contributed by atoms with E-state index >= 15 is 0 Å². The molecule has 0 spiro atoms. The average molecular weight is 414 g/mol. The Kier molecular flexibility index (Phi) is 5.16. The number of fused-ring (bicyclic) bond motifs is 1. The topological polar surface area (TPSA) is 64.3 Å². The summed E-state index contributed by atoms with van der Waals surface area (Å²) in [7, 11) is 1.69. The zero-order chi connectivity index (χ0) is 21.4. The van der Waals surface area contributed by atoms with Crippen molar-refractivity contribution in [1.29, 1.82) is 0 Å². The molecule has 3 unspecified atom stereocenters. The third kappa shape index (κ3) is 3.47. The van der Waals surface area contributed by atoms with Gasteiger partial charge >= 0.3 is 0 Å². The van der Waals surface area contributed by atoms with Crippen LogP contribution >= 0.6 is 0 Å². The van der Waals surface area contributed by atoms with Crippen molar-refractivity contribution in [3.8, 4) is 28.1 Å². The molecule has 5 rings (SSSR count). The van der Waals surface area contributed by atoms with Crippen LogP contribution < -0.4 is 10.1 Å². The Balaban J connectivity index is 1.75. The number of aromatic nitrogens is 4. The van der Waals surface area contributed by atoms with Crippen LogP contribution in [0.1, 0.15) is 38.3 Å². The standard InChI is InChI=1S/C25H27N5O/c1-4-19-15-21(16(2)28-19)22-10-13-27-25-23(18-6-5-7-20(14-18)31-3)24(29-30(22)25)17-8-11-26-12-9-17/h5-14,16,19,21,28H,4,15H2,1-3H3. The summed E-state index contributed by atoms with van der Waals surface area (Å²) in [4.78, 5) is 8.96. The second kappa shape index (κ2) is 8.12. The Morgan fingerprint density at radius 2 is 1.94 bits per heavy atom. The van der Waals surface area contributed by atoms with E-state index in [0.717, 1.165) is 46.6 Å². The van der Waals surface area contributed by atoms with Crippen LogP contribution in [0, 0.1) is 0 Å². The Bertz CT molecular complexity index is 1200. The van der Waals surface area contributed by atoms with Gasteiger partial charge in [-0.05, 0) is 55.7 Å².